The predicted octanol–water partition coefficient (Wildman–Crippen LogP) is 3.69. The van der Waals surface area contributed by atoms with E-state index in [1.54, 1.807) is 0 Å². The Morgan fingerprint density at radius 3 is 2.50 bits per heavy atom. The maximum atomic E-state index is 6.12. The fourth-order valence-corrected chi connectivity index (χ4v) is 1.96. The smallest absolute Gasteiger partial charge is 0.142 e. The molecule has 0 fully saturated rings. The normalized spacial score (nSPS) is 10.4. The predicted molar refractivity (Wildman–Crippen MR) is 74.9 cm³/mol. The summed E-state index contributed by atoms with van der Waals surface area (Å²) >= 11 is 6.12. The van der Waals surface area contributed by atoms with Gasteiger partial charge in [-0.3, -0.25) is 0 Å². The zero-order valence-electron chi connectivity index (χ0n) is 10.3. The van der Waals surface area contributed by atoms with Gasteiger partial charge >= 0.3 is 0 Å². The van der Waals surface area contributed by atoms with E-state index in [1.807, 2.05) is 30.3 Å². The van der Waals surface area contributed by atoms with E-state index in [-0.39, 0.29) is 0 Å². The Hall–Kier alpha value is -1.51. The first-order valence-electron chi connectivity index (χ1n) is 5.86. The fourth-order valence-electron chi connectivity index (χ4n) is 1.72. The number of hydrogen-bond donors (Lipinski definition) is 1. The van der Waals surface area contributed by atoms with Gasteiger partial charge in [0.2, 0.25) is 0 Å². The van der Waals surface area contributed by atoms with Crippen LogP contribution < -0.4 is 10.5 Å². The van der Waals surface area contributed by atoms with Crippen LogP contribution >= 0.6 is 11.6 Å². The molecule has 3 heteroatoms. The van der Waals surface area contributed by atoms with Crippen molar-refractivity contribution in [3.8, 4) is 5.75 Å². The Morgan fingerprint density at radius 1 is 1.11 bits per heavy atom. The molecule has 94 valence electrons. The third-order valence-corrected chi connectivity index (χ3v) is 3.07. The van der Waals surface area contributed by atoms with Gasteiger partial charge in [-0.15, -0.1) is 0 Å². The molecule has 0 radical (unpaired) electrons. The lowest BCUT2D eigenvalue weighted by molar-refractivity contribution is 0.303. The van der Waals surface area contributed by atoms with E-state index >= 15 is 0 Å². The number of halogens is 1. The number of aryl methyl sites for hydroxylation is 1. The standard InChI is InChI=1S/C15H16ClNO/c1-11-5-7-12(8-6-11)10-18-15-13(9-17)3-2-4-14(15)16/h2-8H,9-10,17H2,1H3. The number of rotatable bonds is 4. The van der Waals surface area contributed by atoms with Crippen LogP contribution in [0, 0.1) is 6.92 Å². The van der Waals surface area contributed by atoms with Gasteiger partial charge in [0, 0.05) is 12.1 Å². The van der Waals surface area contributed by atoms with Crippen LogP contribution in [0.15, 0.2) is 42.5 Å². The SMILES string of the molecule is Cc1ccc(COc2c(Cl)cccc2CN)cc1. The molecule has 0 atom stereocenters. The molecule has 2 rings (SSSR count). The summed E-state index contributed by atoms with van der Waals surface area (Å²) in [7, 11) is 0. The van der Waals surface area contributed by atoms with Crippen LogP contribution in [0.5, 0.6) is 5.75 Å². The van der Waals surface area contributed by atoms with Gasteiger partial charge in [-0.05, 0) is 18.6 Å². The molecule has 0 spiro atoms. The molecule has 0 aliphatic rings. The number of para-hydroxylation sites is 1. The molecule has 0 aliphatic carbocycles. The van der Waals surface area contributed by atoms with Gasteiger partial charge < -0.3 is 10.5 Å². The molecule has 0 unspecified atom stereocenters. The average Bonchev–Trinajstić information content (AvgIpc) is 2.39. The maximum absolute atomic E-state index is 6.12. The van der Waals surface area contributed by atoms with Gasteiger partial charge in [-0.1, -0.05) is 53.6 Å². The molecule has 0 saturated heterocycles. The molecular weight excluding hydrogens is 246 g/mol. The highest BCUT2D eigenvalue weighted by Crippen LogP contribution is 2.29. The van der Waals surface area contributed by atoms with Crippen molar-refractivity contribution in [2.24, 2.45) is 5.73 Å². The van der Waals surface area contributed by atoms with E-state index in [4.69, 9.17) is 22.1 Å². The van der Waals surface area contributed by atoms with Crippen molar-refractivity contribution < 1.29 is 4.74 Å². The number of ether oxygens (including phenoxy) is 1. The van der Waals surface area contributed by atoms with Crippen molar-refractivity contribution in [1.29, 1.82) is 0 Å². The monoisotopic (exact) mass is 261 g/mol. The summed E-state index contributed by atoms with van der Waals surface area (Å²) in [5.74, 6) is 0.683. The largest absolute Gasteiger partial charge is 0.487 e. The molecule has 2 N–H and O–H groups in total. The Kier molecular flexibility index (Phi) is 4.24. The van der Waals surface area contributed by atoms with Crippen LogP contribution in [0.4, 0.5) is 0 Å². The van der Waals surface area contributed by atoms with Crippen LogP contribution in [0.2, 0.25) is 5.02 Å². The molecular formula is C15H16ClNO. The molecule has 0 bridgehead atoms. The van der Waals surface area contributed by atoms with Gasteiger partial charge in [-0.2, -0.15) is 0 Å². The molecule has 0 amide bonds. The van der Waals surface area contributed by atoms with Crippen molar-refractivity contribution in [2.45, 2.75) is 20.1 Å². The highest BCUT2D eigenvalue weighted by molar-refractivity contribution is 6.32. The number of benzene rings is 2. The number of nitrogens with two attached hydrogens (primary N) is 1. The average molecular weight is 262 g/mol. The van der Waals surface area contributed by atoms with Crippen molar-refractivity contribution in [3.05, 3.63) is 64.2 Å². The van der Waals surface area contributed by atoms with Crippen LogP contribution in [-0.4, -0.2) is 0 Å². The van der Waals surface area contributed by atoms with Crippen LogP contribution in [0.1, 0.15) is 16.7 Å². The Balaban J connectivity index is 2.12. The van der Waals surface area contributed by atoms with Gasteiger partial charge in [0.1, 0.15) is 12.4 Å². The van der Waals surface area contributed by atoms with E-state index in [0.717, 1.165) is 11.1 Å². The van der Waals surface area contributed by atoms with Gasteiger partial charge in [0.15, 0.2) is 0 Å². The minimum Gasteiger partial charge on any atom is -0.487 e. The van der Waals surface area contributed by atoms with Crippen LogP contribution in [0.25, 0.3) is 0 Å². The summed E-state index contributed by atoms with van der Waals surface area (Å²) in [6.07, 6.45) is 0. The van der Waals surface area contributed by atoms with Gasteiger partial charge in [0.25, 0.3) is 0 Å². The molecule has 2 nitrogen and oxygen atoms in total. The zero-order valence-corrected chi connectivity index (χ0v) is 11.1. The quantitative estimate of drug-likeness (QED) is 0.911. The van der Waals surface area contributed by atoms with E-state index in [2.05, 4.69) is 19.1 Å². The van der Waals surface area contributed by atoms with E-state index in [9.17, 15) is 0 Å². The second-order valence-corrected chi connectivity index (χ2v) is 4.61. The first-order valence-corrected chi connectivity index (χ1v) is 6.24. The summed E-state index contributed by atoms with van der Waals surface area (Å²) in [5.41, 5.74) is 8.94. The van der Waals surface area contributed by atoms with E-state index in [1.165, 1.54) is 5.56 Å². The molecule has 0 aromatic heterocycles. The number of hydrogen-bond acceptors (Lipinski definition) is 2. The lowest BCUT2D eigenvalue weighted by Gasteiger charge is -2.12. The fraction of sp³-hybridized carbons (Fsp3) is 0.200. The molecule has 0 heterocycles. The summed E-state index contributed by atoms with van der Waals surface area (Å²) in [6.45, 7) is 2.98. The Morgan fingerprint density at radius 2 is 1.83 bits per heavy atom. The zero-order chi connectivity index (χ0) is 13.0. The summed E-state index contributed by atoms with van der Waals surface area (Å²) in [5, 5.41) is 0.602. The molecule has 18 heavy (non-hydrogen) atoms. The highest BCUT2D eigenvalue weighted by atomic mass is 35.5. The Bertz CT molecular complexity index is 523. The first-order chi connectivity index (χ1) is 8.70. The second kappa shape index (κ2) is 5.89. The molecule has 2 aromatic rings. The van der Waals surface area contributed by atoms with Gasteiger partial charge in [-0.25, -0.2) is 0 Å². The van der Waals surface area contributed by atoms with Crippen molar-refractivity contribution in [3.63, 3.8) is 0 Å². The highest BCUT2D eigenvalue weighted by Gasteiger charge is 2.07. The first kappa shape index (κ1) is 12.9. The Labute approximate surface area is 112 Å². The van der Waals surface area contributed by atoms with Crippen LogP contribution in [-0.2, 0) is 13.2 Å². The topological polar surface area (TPSA) is 35.2 Å². The summed E-state index contributed by atoms with van der Waals surface area (Å²) < 4.78 is 5.77. The van der Waals surface area contributed by atoms with E-state index < -0.39 is 0 Å². The van der Waals surface area contributed by atoms with Crippen molar-refractivity contribution in [1.82, 2.24) is 0 Å². The third kappa shape index (κ3) is 3.03. The third-order valence-electron chi connectivity index (χ3n) is 2.77. The minimum absolute atomic E-state index is 0.420. The minimum atomic E-state index is 0.420. The maximum Gasteiger partial charge on any atom is 0.142 e. The molecule has 2 aromatic carbocycles. The lowest BCUT2D eigenvalue weighted by atomic mass is 10.1. The summed E-state index contributed by atoms with van der Waals surface area (Å²) in [4.78, 5) is 0. The van der Waals surface area contributed by atoms with Crippen molar-refractivity contribution >= 4 is 11.6 Å². The van der Waals surface area contributed by atoms with Crippen molar-refractivity contribution in [2.75, 3.05) is 0 Å². The van der Waals surface area contributed by atoms with E-state index in [0.29, 0.717) is 23.9 Å². The molecule has 0 saturated carbocycles. The lowest BCUT2D eigenvalue weighted by Crippen LogP contribution is -2.03. The second-order valence-electron chi connectivity index (χ2n) is 4.21. The molecule has 0 aliphatic heterocycles. The summed E-state index contributed by atoms with van der Waals surface area (Å²) in [6, 6.07) is 13.8. The van der Waals surface area contributed by atoms with Crippen LogP contribution in [0.3, 0.4) is 0 Å². The van der Waals surface area contributed by atoms with Gasteiger partial charge in [0.05, 0.1) is 5.02 Å².